The van der Waals surface area contributed by atoms with Gasteiger partial charge in [0.05, 0.1) is 6.04 Å². The molecule has 3 aromatic rings. The van der Waals surface area contributed by atoms with E-state index < -0.39 is 6.10 Å². The molecule has 0 unspecified atom stereocenters. The summed E-state index contributed by atoms with van der Waals surface area (Å²) >= 11 is 0. The third-order valence-corrected chi connectivity index (χ3v) is 6.02. The lowest BCUT2D eigenvalue weighted by molar-refractivity contribution is -0.127. The van der Waals surface area contributed by atoms with Crippen LogP contribution in [0.1, 0.15) is 52.5 Å². The first kappa shape index (κ1) is 22.6. The van der Waals surface area contributed by atoms with Gasteiger partial charge in [-0.05, 0) is 68.1 Å². The van der Waals surface area contributed by atoms with E-state index in [0.717, 1.165) is 23.1 Å². The Bertz CT molecular complexity index is 1140. The van der Waals surface area contributed by atoms with E-state index in [1.165, 1.54) is 5.56 Å². The van der Waals surface area contributed by atoms with Crippen LogP contribution in [-0.2, 0) is 11.2 Å². The molecule has 0 radical (unpaired) electrons. The lowest BCUT2D eigenvalue weighted by Crippen LogP contribution is -2.40. The first-order valence-corrected chi connectivity index (χ1v) is 11.5. The minimum Gasteiger partial charge on any atom is -0.481 e. The molecule has 3 aromatic carbocycles. The third kappa shape index (κ3) is 4.92. The molecular weight excluding hydrogens is 412 g/mol. The summed E-state index contributed by atoms with van der Waals surface area (Å²) in [4.78, 5) is 27.7. The minimum atomic E-state index is -0.605. The fourth-order valence-corrected chi connectivity index (χ4v) is 4.41. The van der Waals surface area contributed by atoms with E-state index >= 15 is 0 Å². The van der Waals surface area contributed by atoms with Gasteiger partial charge in [-0.25, -0.2) is 0 Å². The Balaban J connectivity index is 1.74. The van der Waals surface area contributed by atoms with Gasteiger partial charge >= 0.3 is 0 Å². The van der Waals surface area contributed by atoms with Crippen LogP contribution in [0, 0.1) is 6.92 Å². The Morgan fingerprint density at radius 1 is 1.06 bits per heavy atom. The number of likely N-dealkylation sites (N-methyl/N-ethyl adjacent to an activating group) is 1. The number of aryl methyl sites for hydroxylation is 1. The molecule has 0 spiro atoms. The molecule has 0 fully saturated rings. The van der Waals surface area contributed by atoms with Gasteiger partial charge in [-0.1, -0.05) is 54.1 Å². The highest BCUT2D eigenvalue weighted by Crippen LogP contribution is 2.38. The molecule has 0 aromatic heterocycles. The molecule has 1 aliphatic rings. The lowest BCUT2D eigenvalue weighted by Gasteiger charge is -2.38. The fourth-order valence-electron chi connectivity index (χ4n) is 4.41. The van der Waals surface area contributed by atoms with Crippen molar-refractivity contribution in [2.45, 2.75) is 39.3 Å². The van der Waals surface area contributed by atoms with Crippen molar-refractivity contribution >= 4 is 11.8 Å². The molecule has 4 rings (SSSR count). The summed E-state index contributed by atoms with van der Waals surface area (Å²) in [6.07, 6.45) is 0.161. The number of ether oxygens (including phenoxy) is 1. The van der Waals surface area contributed by atoms with E-state index in [1.54, 1.807) is 6.92 Å². The van der Waals surface area contributed by atoms with Crippen LogP contribution < -0.4 is 10.1 Å². The molecule has 5 nitrogen and oxygen atoms in total. The van der Waals surface area contributed by atoms with Crippen molar-refractivity contribution in [3.05, 3.63) is 101 Å². The molecule has 5 heteroatoms. The Labute approximate surface area is 195 Å². The van der Waals surface area contributed by atoms with Gasteiger partial charge < -0.3 is 15.0 Å². The second-order valence-electron chi connectivity index (χ2n) is 8.45. The molecule has 1 N–H and O–H groups in total. The van der Waals surface area contributed by atoms with Crippen LogP contribution in [0.5, 0.6) is 5.75 Å². The number of fused-ring (bicyclic) bond motifs is 1. The Kier molecular flexibility index (Phi) is 6.78. The van der Waals surface area contributed by atoms with E-state index in [0.29, 0.717) is 24.4 Å². The van der Waals surface area contributed by atoms with E-state index in [1.807, 2.05) is 60.4 Å². The number of nitrogens with zero attached hydrogens (tertiary/aromatic N) is 1. The lowest BCUT2D eigenvalue weighted by atomic mass is 9.87. The fraction of sp³-hybridized carbons (Fsp3) is 0.286. The van der Waals surface area contributed by atoms with Crippen LogP contribution in [0.2, 0.25) is 0 Å². The standard InChI is InChI=1S/C28H30N2O3/c1-4-29-27(31)20(3)33-24-14-13-21-15-16-30(28(32)22-10-6-5-7-11-22)26(25(21)18-24)23-12-8-9-19(2)17-23/h5-14,17-18,20,26H,4,15-16H2,1-3H3,(H,29,31)/t20-,26-/m1/s1. The van der Waals surface area contributed by atoms with Crippen molar-refractivity contribution in [3.63, 3.8) is 0 Å². The number of hydrogen-bond donors (Lipinski definition) is 1. The van der Waals surface area contributed by atoms with Gasteiger partial charge in [0.2, 0.25) is 0 Å². The molecule has 1 heterocycles. The monoisotopic (exact) mass is 442 g/mol. The van der Waals surface area contributed by atoms with Gasteiger partial charge in [-0.3, -0.25) is 9.59 Å². The maximum absolute atomic E-state index is 13.5. The zero-order chi connectivity index (χ0) is 23.4. The second-order valence-corrected chi connectivity index (χ2v) is 8.45. The molecule has 0 saturated heterocycles. The molecule has 33 heavy (non-hydrogen) atoms. The number of rotatable bonds is 6. The van der Waals surface area contributed by atoms with Crippen molar-refractivity contribution in [1.82, 2.24) is 10.2 Å². The van der Waals surface area contributed by atoms with Crippen LogP contribution in [0.4, 0.5) is 0 Å². The van der Waals surface area contributed by atoms with Crippen molar-refractivity contribution in [1.29, 1.82) is 0 Å². The van der Waals surface area contributed by atoms with Gasteiger partial charge in [-0.2, -0.15) is 0 Å². The van der Waals surface area contributed by atoms with Gasteiger partial charge in [0.15, 0.2) is 6.10 Å². The molecule has 2 atom stereocenters. The average molecular weight is 443 g/mol. The summed E-state index contributed by atoms with van der Waals surface area (Å²) in [5, 5.41) is 2.79. The molecule has 0 saturated carbocycles. The molecule has 170 valence electrons. The van der Waals surface area contributed by atoms with E-state index in [-0.39, 0.29) is 17.9 Å². The van der Waals surface area contributed by atoms with Crippen LogP contribution in [0.3, 0.4) is 0 Å². The van der Waals surface area contributed by atoms with Crippen molar-refractivity contribution in [2.24, 2.45) is 0 Å². The molecule has 0 bridgehead atoms. The summed E-state index contributed by atoms with van der Waals surface area (Å²) in [6.45, 7) is 6.88. The number of hydrogen-bond acceptors (Lipinski definition) is 3. The summed E-state index contributed by atoms with van der Waals surface area (Å²) in [6, 6.07) is 23.4. The van der Waals surface area contributed by atoms with Crippen LogP contribution >= 0.6 is 0 Å². The van der Waals surface area contributed by atoms with E-state index in [2.05, 4.69) is 36.5 Å². The number of nitrogens with one attached hydrogen (secondary N) is 1. The van der Waals surface area contributed by atoms with Crippen molar-refractivity contribution in [2.75, 3.05) is 13.1 Å². The smallest absolute Gasteiger partial charge is 0.260 e. The highest BCUT2D eigenvalue weighted by Gasteiger charge is 2.33. The predicted octanol–water partition coefficient (Wildman–Crippen LogP) is 4.69. The maximum Gasteiger partial charge on any atom is 0.260 e. The largest absolute Gasteiger partial charge is 0.481 e. The molecular formula is C28H30N2O3. The summed E-state index contributed by atoms with van der Waals surface area (Å²) in [7, 11) is 0. The Morgan fingerprint density at radius 2 is 1.85 bits per heavy atom. The summed E-state index contributed by atoms with van der Waals surface area (Å²) in [5.74, 6) is 0.486. The summed E-state index contributed by atoms with van der Waals surface area (Å²) < 4.78 is 5.97. The predicted molar refractivity (Wildman–Crippen MR) is 129 cm³/mol. The van der Waals surface area contributed by atoms with Gasteiger partial charge in [0.1, 0.15) is 5.75 Å². The van der Waals surface area contributed by atoms with Gasteiger partial charge in [0, 0.05) is 18.7 Å². The normalized spacial score (nSPS) is 16.0. The molecule has 1 aliphatic heterocycles. The van der Waals surface area contributed by atoms with Gasteiger partial charge in [0.25, 0.3) is 11.8 Å². The SMILES string of the molecule is CCNC(=O)[C@@H](C)Oc1ccc2c(c1)[C@@H](c1cccc(C)c1)N(C(=O)c1ccccc1)CC2. The quantitative estimate of drug-likeness (QED) is 0.603. The number of carbonyl (C=O) groups is 2. The van der Waals surface area contributed by atoms with Crippen LogP contribution in [0.25, 0.3) is 0 Å². The van der Waals surface area contributed by atoms with Crippen LogP contribution in [0.15, 0.2) is 72.8 Å². The topological polar surface area (TPSA) is 58.6 Å². The zero-order valence-electron chi connectivity index (χ0n) is 19.4. The second kappa shape index (κ2) is 9.90. The third-order valence-electron chi connectivity index (χ3n) is 6.02. The molecule has 2 amide bonds. The van der Waals surface area contributed by atoms with E-state index in [4.69, 9.17) is 4.74 Å². The molecule has 0 aliphatic carbocycles. The number of benzene rings is 3. The first-order valence-electron chi connectivity index (χ1n) is 11.5. The first-order chi connectivity index (χ1) is 16.0. The van der Waals surface area contributed by atoms with Crippen molar-refractivity contribution in [3.8, 4) is 5.75 Å². The number of amides is 2. The summed E-state index contributed by atoms with van der Waals surface area (Å²) in [5.41, 5.74) is 5.11. The maximum atomic E-state index is 13.5. The Hall–Kier alpha value is -3.60. The van der Waals surface area contributed by atoms with Gasteiger partial charge in [-0.15, -0.1) is 0 Å². The van der Waals surface area contributed by atoms with Crippen molar-refractivity contribution < 1.29 is 14.3 Å². The average Bonchev–Trinajstić information content (AvgIpc) is 2.83. The highest BCUT2D eigenvalue weighted by molar-refractivity contribution is 5.95. The van der Waals surface area contributed by atoms with E-state index in [9.17, 15) is 9.59 Å². The number of carbonyl (C=O) groups excluding carboxylic acids is 2. The minimum absolute atomic E-state index is 0.00905. The Morgan fingerprint density at radius 3 is 2.58 bits per heavy atom. The van der Waals surface area contributed by atoms with Crippen LogP contribution in [-0.4, -0.2) is 35.9 Å². The zero-order valence-corrected chi connectivity index (χ0v) is 19.4. The highest BCUT2D eigenvalue weighted by atomic mass is 16.5.